The molecule has 5 nitrogen and oxygen atoms in total. The van der Waals surface area contributed by atoms with Gasteiger partial charge >= 0.3 is 0 Å². The SMILES string of the molecule is CCN(CC)C(CNC(=O)c1cc(Cl)c(N)cc1OC)CC(C)C. The second-order valence-electron chi connectivity index (χ2n) is 6.29. The molecule has 1 unspecified atom stereocenters. The average molecular weight is 356 g/mol. The molecule has 6 heteroatoms. The molecule has 0 saturated carbocycles. The van der Waals surface area contributed by atoms with Crippen molar-refractivity contribution in [1.82, 2.24) is 10.2 Å². The zero-order valence-electron chi connectivity index (χ0n) is 15.4. The van der Waals surface area contributed by atoms with E-state index in [1.807, 2.05) is 0 Å². The lowest BCUT2D eigenvalue weighted by molar-refractivity contribution is 0.0926. The third kappa shape index (κ3) is 5.56. The summed E-state index contributed by atoms with van der Waals surface area (Å²) >= 11 is 6.04. The van der Waals surface area contributed by atoms with Gasteiger partial charge < -0.3 is 15.8 Å². The predicted molar refractivity (Wildman–Crippen MR) is 101 cm³/mol. The highest BCUT2D eigenvalue weighted by Gasteiger charge is 2.20. The molecule has 0 spiro atoms. The van der Waals surface area contributed by atoms with Crippen molar-refractivity contribution in [3.8, 4) is 5.75 Å². The minimum Gasteiger partial charge on any atom is -0.496 e. The molecule has 0 fully saturated rings. The Balaban J connectivity index is 2.87. The number of hydrogen-bond donors (Lipinski definition) is 2. The number of methoxy groups -OCH3 is 1. The quantitative estimate of drug-likeness (QED) is 0.666. The molecule has 1 aromatic carbocycles. The number of nitrogens with one attached hydrogen (secondary N) is 1. The van der Waals surface area contributed by atoms with Crippen molar-refractivity contribution in [1.29, 1.82) is 0 Å². The van der Waals surface area contributed by atoms with Crippen molar-refractivity contribution in [2.75, 3.05) is 32.5 Å². The summed E-state index contributed by atoms with van der Waals surface area (Å²) < 4.78 is 5.25. The Labute approximate surface area is 150 Å². The van der Waals surface area contributed by atoms with Gasteiger partial charge in [0.1, 0.15) is 5.75 Å². The lowest BCUT2D eigenvalue weighted by atomic mass is 10.0. The molecular formula is C18H30ClN3O2. The van der Waals surface area contributed by atoms with Gasteiger partial charge in [0.25, 0.3) is 5.91 Å². The van der Waals surface area contributed by atoms with E-state index >= 15 is 0 Å². The fraction of sp³-hybridized carbons (Fsp3) is 0.611. The van der Waals surface area contributed by atoms with Crippen LogP contribution < -0.4 is 15.8 Å². The number of nitrogen functional groups attached to an aromatic ring is 1. The molecule has 0 radical (unpaired) electrons. The zero-order chi connectivity index (χ0) is 18.3. The standard InChI is InChI=1S/C18H30ClN3O2/c1-6-22(7-2)13(8-12(3)4)11-21-18(23)14-9-15(19)16(20)10-17(14)24-5/h9-10,12-13H,6-8,11,20H2,1-5H3,(H,21,23). The van der Waals surface area contributed by atoms with E-state index < -0.39 is 0 Å². The molecule has 1 atom stereocenters. The summed E-state index contributed by atoms with van der Waals surface area (Å²) in [5.41, 5.74) is 6.56. The molecule has 0 aliphatic carbocycles. The summed E-state index contributed by atoms with van der Waals surface area (Å²) in [5.74, 6) is 0.792. The molecule has 0 aromatic heterocycles. The van der Waals surface area contributed by atoms with E-state index in [4.69, 9.17) is 22.1 Å². The summed E-state index contributed by atoms with van der Waals surface area (Å²) in [4.78, 5) is 14.9. The number of benzene rings is 1. The summed E-state index contributed by atoms with van der Waals surface area (Å²) in [6, 6.07) is 3.44. The van der Waals surface area contributed by atoms with Crippen LogP contribution in [-0.4, -0.2) is 43.6 Å². The van der Waals surface area contributed by atoms with Crippen LogP contribution in [0.4, 0.5) is 5.69 Å². The molecule has 0 heterocycles. The number of nitrogens with zero attached hydrogens (tertiary/aromatic N) is 1. The van der Waals surface area contributed by atoms with Crippen LogP contribution in [0.2, 0.25) is 5.02 Å². The molecule has 0 aliphatic heterocycles. The summed E-state index contributed by atoms with van der Waals surface area (Å²) in [6.45, 7) is 11.2. The molecule has 24 heavy (non-hydrogen) atoms. The Kier molecular flexibility index (Phi) is 8.36. The number of rotatable bonds is 9. The van der Waals surface area contributed by atoms with Crippen molar-refractivity contribution in [2.45, 2.75) is 40.2 Å². The Bertz CT molecular complexity index is 545. The van der Waals surface area contributed by atoms with E-state index in [2.05, 4.69) is 37.9 Å². The number of carbonyl (C=O) groups is 1. The van der Waals surface area contributed by atoms with Crippen molar-refractivity contribution >= 4 is 23.2 Å². The van der Waals surface area contributed by atoms with Gasteiger partial charge in [-0.3, -0.25) is 9.69 Å². The third-order valence-electron chi connectivity index (χ3n) is 4.13. The van der Waals surface area contributed by atoms with Crippen LogP contribution in [-0.2, 0) is 0 Å². The lowest BCUT2D eigenvalue weighted by Crippen LogP contribution is -2.44. The fourth-order valence-corrected chi connectivity index (χ4v) is 3.03. The van der Waals surface area contributed by atoms with Gasteiger partial charge in [0, 0.05) is 18.7 Å². The number of nitrogens with two attached hydrogens (primary N) is 1. The molecular weight excluding hydrogens is 326 g/mol. The van der Waals surface area contributed by atoms with Crippen molar-refractivity contribution in [3.05, 3.63) is 22.7 Å². The molecule has 136 valence electrons. The molecule has 0 saturated heterocycles. The monoisotopic (exact) mass is 355 g/mol. The summed E-state index contributed by atoms with van der Waals surface area (Å²) in [5, 5.41) is 3.37. The second-order valence-corrected chi connectivity index (χ2v) is 6.70. The number of anilines is 1. The number of carbonyl (C=O) groups excluding carboxylic acids is 1. The van der Waals surface area contributed by atoms with Crippen LogP contribution in [0, 0.1) is 5.92 Å². The highest BCUT2D eigenvalue weighted by molar-refractivity contribution is 6.33. The molecule has 1 amide bonds. The minimum absolute atomic E-state index is 0.199. The average Bonchev–Trinajstić information content (AvgIpc) is 2.54. The Morgan fingerprint density at radius 1 is 1.33 bits per heavy atom. The Hall–Kier alpha value is -1.46. The highest BCUT2D eigenvalue weighted by atomic mass is 35.5. The van der Waals surface area contributed by atoms with Gasteiger partial charge in [-0.2, -0.15) is 0 Å². The highest BCUT2D eigenvalue weighted by Crippen LogP contribution is 2.28. The number of hydrogen-bond acceptors (Lipinski definition) is 4. The van der Waals surface area contributed by atoms with Crippen molar-refractivity contribution < 1.29 is 9.53 Å². The van der Waals surface area contributed by atoms with Crippen LogP contribution in [0.15, 0.2) is 12.1 Å². The minimum atomic E-state index is -0.199. The van der Waals surface area contributed by atoms with Gasteiger partial charge in [-0.15, -0.1) is 0 Å². The van der Waals surface area contributed by atoms with Gasteiger partial charge in [0.05, 0.1) is 23.4 Å². The van der Waals surface area contributed by atoms with Gasteiger partial charge in [-0.05, 0) is 31.5 Å². The van der Waals surface area contributed by atoms with E-state index in [-0.39, 0.29) is 5.91 Å². The maximum atomic E-state index is 12.6. The summed E-state index contributed by atoms with van der Waals surface area (Å²) in [7, 11) is 1.51. The smallest absolute Gasteiger partial charge is 0.255 e. The van der Waals surface area contributed by atoms with Gasteiger partial charge in [-0.1, -0.05) is 39.3 Å². The van der Waals surface area contributed by atoms with Crippen LogP contribution in [0.5, 0.6) is 5.75 Å². The topological polar surface area (TPSA) is 67.6 Å². The van der Waals surface area contributed by atoms with Crippen LogP contribution in [0.1, 0.15) is 44.5 Å². The van der Waals surface area contributed by atoms with Crippen molar-refractivity contribution in [3.63, 3.8) is 0 Å². The number of likely N-dealkylation sites (N-methyl/N-ethyl adjacent to an activating group) is 1. The van der Waals surface area contributed by atoms with Crippen LogP contribution >= 0.6 is 11.6 Å². The van der Waals surface area contributed by atoms with Crippen molar-refractivity contribution in [2.24, 2.45) is 5.92 Å². The molecule has 1 aromatic rings. The largest absolute Gasteiger partial charge is 0.496 e. The van der Waals surface area contributed by atoms with Crippen LogP contribution in [0.3, 0.4) is 0 Å². The first kappa shape index (κ1) is 20.6. The van der Waals surface area contributed by atoms with E-state index in [1.54, 1.807) is 12.1 Å². The lowest BCUT2D eigenvalue weighted by Gasteiger charge is -2.31. The molecule has 0 bridgehead atoms. The number of ether oxygens (including phenoxy) is 1. The van der Waals surface area contributed by atoms with E-state index in [1.165, 1.54) is 7.11 Å². The van der Waals surface area contributed by atoms with Crippen LogP contribution in [0.25, 0.3) is 0 Å². The fourth-order valence-electron chi connectivity index (χ4n) is 2.87. The first-order valence-corrected chi connectivity index (χ1v) is 8.86. The Morgan fingerprint density at radius 3 is 2.46 bits per heavy atom. The first-order chi connectivity index (χ1) is 11.3. The van der Waals surface area contributed by atoms with Gasteiger partial charge in [-0.25, -0.2) is 0 Å². The number of amides is 1. The maximum Gasteiger partial charge on any atom is 0.255 e. The predicted octanol–water partition coefficient (Wildman–Crippen LogP) is 3.42. The van der Waals surface area contributed by atoms with E-state index in [0.717, 1.165) is 19.5 Å². The Morgan fingerprint density at radius 2 is 1.96 bits per heavy atom. The first-order valence-electron chi connectivity index (χ1n) is 8.49. The van der Waals surface area contributed by atoms with E-state index in [9.17, 15) is 4.79 Å². The maximum absolute atomic E-state index is 12.6. The molecule has 1 rings (SSSR count). The second kappa shape index (κ2) is 9.74. The van der Waals surface area contributed by atoms with Gasteiger partial charge in [0.2, 0.25) is 0 Å². The summed E-state index contributed by atoms with van der Waals surface area (Å²) in [6.07, 6.45) is 1.03. The third-order valence-corrected chi connectivity index (χ3v) is 4.46. The zero-order valence-corrected chi connectivity index (χ0v) is 16.1. The van der Waals surface area contributed by atoms with E-state index in [0.29, 0.717) is 40.5 Å². The molecule has 3 N–H and O–H groups in total. The van der Waals surface area contributed by atoms with Gasteiger partial charge in [0.15, 0.2) is 0 Å². The molecule has 0 aliphatic rings. The number of halogens is 1. The normalized spacial score (nSPS) is 12.5.